The molecule has 0 amide bonds. The number of para-hydroxylation sites is 4. The molecule has 142 valence electrons. The van der Waals surface area contributed by atoms with Gasteiger partial charge < -0.3 is 9.13 Å². The smallest absolute Gasteiger partial charge is 0.230 e. The van der Waals surface area contributed by atoms with Gasteiger partial charge in [-0.05, 0) is 36.8 Å². The van der Waals surface area contributed by atoms with Crippen LogP contribution in [-0.2, 0) is 13.1 Å². The highest BCUT2D eigenvalue weighted by Gasteiger charge is 2.11. The fourth-order valence-corrected chi connectivity index (χ4v) is 3.72. The maximum Gasteiger partial charge on any atom is 0.230 e. The summed E-state index contributed by atoms with van der Waals surface area (Å²) >= 11 is 0. The summed E-state index contributed by atoms with van der Waals surface area (Å²) in [4.78, 5) is 14.3. The van der Waals surface area contributed by atoms with Crippen molar-refractivity contribution < 1.29 is 0 Å². The topological polar surface area (TPSA) is 48.0 Å². The van der Waals surface area contributed by atoms with Crippen molar-refractivity contribution in [2.75, 3.05) is 0 Å². The van der Waals surface area contributed by atoms with Crippen molar-refractivity contribution in [2.45, 2.75) is 20.0 Å². The number of hydrogen-bond acceptors (Lipinski definition) is 3. The first kappa shape index (κ1) is 17.4. The van der Waals surface area contributed by atoms with Gasteiger partial charge in [0.25, 0.3) is 0 Å². The van der Waals surface area contributed by atoms with E-state index in [2.05, 4.69) is 52.5 Å². The predicted molar refractivity (Wildman–Crippen MR) is 118 cm³/mol. The van der Waals surface area contributed by atoms with Crippen molar-refractivity contribution in [3.8, 4) is 0 Å². The lowest BCUT2D eigenvalue weighted by Crippen LogP contribution is -2.02. The second-order valence-electron chi connectivity index (χ2n) is 6.93. The molecular formula is C24H21N5. The van der Waals surface area contributed by atoms with Gasteiger partial charge in [-0.25, -0.2) is 15.0 Å². The van der Waals surface area contributed by atoms with Gasteiger partial charge in [-0.1, -0.05) is 54.6 Å². The summed E-state index contributed by atoms with van der Waals surface area (Å²) < 4.78 is 4.32. The average molecular weight is 379 g/mol. The molecule has 2 heterocycles. The highest BCUT2D eigenvalue weighted by atomic mass is 15.2. The first-order valence-electron chi connectivity index (χ1n) is 9.82. The number of benzene rings is 3. The fourth-order valence-electron chi connectivity index (χ4n) is 3.72. The zero-order chi connectivity index (χ0) is 19.6. The van der Waals surface area contributed by atoms with Gasteiger partial charge in [-0.15, -0.1) is 0 Å². The summed E-state index contributed by atoms with van der Waals surface area (Å²) in [6, 6.07) is 26.7. The normalized spacial score (nSPS) is 11.8. The third kappa shape index (κ3) is 3.21. The molecule has 0 radical (unpaired) electrons. The van der Waals surface area contributed by atoms with E-state index >= 15 is 0 Å². The molecule has 0 saturated heterocycles. The highest BCUT2D eigenvalue weighted by molar-refractivity contribution is 5.86. The number of imidazole rings is 2. The van der Waals surface area contributed by atoms with Crippen molar-refractivity contribution in [2.24, 2.45) is 4.99 Å². The Kier molecular flexibility index (Phi) is 4.41. The third-order valence-electron chi connectivity index (χ3n) is 5.11. The molecule has 5 heteroatoms. The number of hydrogen-bond donors (Lipinski definition) is 0. The van der Waals surface area contributed by atoms with Crippen LogP contribution in [-0.4, -0.2) is 25.3 Å². The van der Waals surface area contributed by atoms with Crippen LogP contribution in [0.2, 0.25) is 0 Å². The number of rotatable bonds is 5. The Bertz CT molecular complexity index is 1310. The van der Waals surface area contributed by atoms with Gasteiger partial charge in [0.2, 0.25) is 5.95 Å². The second-order valence-corrected chi connectivity index (χ2v) is 6.93. The van der Waals surface area contributed by atoms with Crippen LogP contribution in [0.1, 0.15) is 18.3 Å². The summed E-state index contributed by atoms with van der Waals surface area (Å²) in [5.74, 6) is 1.52. The molecule has 0 N–H and O–H groups in total. The molecule has 5 rings (SSSR count). The van der Waals surface area contributed by atoms with Crippen LogP contribution < -0.4 is 0 Å². The maximum atomic E-state index is 4.76. The summed E-state index contributed by atoms with van der Waals surface area (Å²) in [5.41, 5.74) is 5.34. The minimum atomic E-state index is 0.685. The van der Waals surface area contributed by atoms with Gasteiger partial charge in [0.15, 0.2) is 5.82 Å². The second kappa shape index (κ2) is 7.36. The van der Waals surface area contributed by atoms with Crippen LogP contribution in [0.25, 0.3) is 22.1 Å². The third-order valence-corrected chi connectivity index (χ3v) is 5.11. The molecule has 0 fully saturated rings. The standard InChI is InChI=1S/C24H21N5/c1-2-28-21-14-8-6-12-19(21)26-23(28)16-25-24-27-20-13-7-9-15-22(20)29(24)17-18-10-4-3-5-11-18/h3-16H,2,17H2,1H3. The zero-order valence-corrected chi connectivity index (χ0v) is 16.2. The molecule has 2 aromatic heterocycles. The monoisotopic (exact) mass is 379 g/mol. The minimum absolute atomic E-state index is 0.685. The van der Waals surface area contributed by atoms with Crippen molar-refractivity contribution in [3.05, 3.63) is 90.3 Å². The molecule has 3 aromatic carbocycles. The molecule has 0 saturated carbocycles. The molecule has 5 aromatic rings. The molecule has 0 aliphatic heterocycles. The van der Waals surface area contributed by atoms with Crippen molar-refractivity contribution in [1.29, 1.82) is 0 Å². The molecule has 0 spiro atoms. The Labute approximate surface area is 169 Å². The minimum Gasteiger partial charge on any atom is -0.323 e. The van der Waals surface area contributed by atoms with E-state index in [4.69, 9.17) is 15.0 Å². The van der Waals surface area contributed by atoms with Crippen LogP contribution in [0.15, 0.2) is 83.9 Å². The van der Waals surface area contributed by atoms with Gasteiger partial charge in [-0.3, -0.25) is 0 Å². The summed E-state index contributed by atoms with van der Waals surface area (Å²) in [6.07, 6.45) is 1.83. The van der Waals surface area contributed by atoms with Crippen LogP contribution >= 0.6 is 0 Å². The maximum absolute atomic E-state index is 4.76. The van der Waals surface area contributed by atoms with Gasteiger partial charge in [0.05, 0.1) is 34.8 Å². The van der Waals surface area contributed by atoms with Crippen molar-refractivity contribution in [1.82, 2.24) is 19.1 Å². The van der Waals surface area contributed by atoms with Crippen molar-refractivity contribution in [3.63, 3.8) is 0 Å². The molecule has 0 aliphatic carbocycles. The molecule has 5 nitrogen and oxygen atoms in total. The van der Waals surface area contributed by atoms with Gasteiger partial charge in [0.1, 0.15) is 0 Å². The number of aryl methyl sites for hydroxylation is 1. The van der Waals surface area contributed by atoms with E-state index in [1.807, 2.05) is 48.7 Å². The number of aromatic nitrogens is 4. The number of nitrogens with zero attached hydrogens (tertiary/aromatic N) is 5. The zero-order valence-electron chi connectivity index (χ0n) is 16.2. The van der Waals surface area contributed by atoms with E-state index in [1.54, 1.807) is 0 Å². The summed E-state index contributed by atoms with van der Waals surface area (Å²) in [7, 11) is 0. The van der Waals surface area contributed by atoms with E-state index in [0.29, 0.717) is 5.95 Å². The van der Waals surface area contributed by atoms with Crippen LogP contribution in [0, 0.1) is 0 Å². The highest BCUT2D eigenvalue weighted by Crippen LogP contribution is 2.23. The van der Waals surface area contributed by atoms with E-state index in [9.17, 15) is 0 Å². The fraction of sp³-hybridized carbons (Fsp3) is 0.125. The Morgan fingerprint density at radius 3 is 2.10 bits per heavy atom. The average Bonchev–Trinajstić information content (AvgIpc) is 3.30. The lowest BCUT2D eigenvalue weighted by Gasteiger charge is -2.07. The quantitative estimate of drug-likeness (QED) is 0.394. The summed E-state index contributed by atoms with van der Waals surface area (Å²) in [5, 5.41) is 0. The van der Waals surface area contributed by atoms with E-state index < -0.39 is 0 Å². The Morgan fingerprint density at radius 2 is 1.38 bits per heavy atom. The molecule has 0 unspecified atom stereocenters. The van der Waals surface area contributed by atoms with Gasteiger partial charge in [0, 0.05) is 6.54 Å². The molecular weight excluding hydrogens is 358 g/mol. The van der Waals surface area contributed by atoms with E-state index in [-0.39, 0.29) is 0 Å². The summed E-state index contributed by atoms with van der Waals surface area (Å²) in [6.45, 7) is 3.68. The molecule has 0 bridgehead atoms. The molecule has 0 atom stereocenters. The predicted octanol–water partition coefficient (Wildman–Crippen LogP) is 5.20. The van der Waals surface area contributed by atoms with Gasteiger partial charge >= 0.3 is 0 Å². The lowest BCUT2D eigenvalue weighted by molar-refractivity contribution is 0.779. The lowest BCUT2D eigenvalue weighted by atomic mass is 10.2. The van der Waals surface area contributed by atoms with E-state index in [1.165, 1.54) is 5.56 Å². The first-order valence-corrected chi connectivity index (χ1v) is 9.82. The van der Waals surface area contributed by atoms with Crippen molar-refractivity contribution >= 4 is 34.2 Å². The Morgan fingerprint density at radius 1 is 0.759 bits per heavy atom. The first-order chi connectivity index (χ1) is 14.3. The number of fused-ring (bicyclic) bond motifs is 2. The number of aliphatic imine (C=N–C) groups is 1. The van der Waals surface area contributed by atoms with Crippen LogP contribution in [0.4, 0.5) is 5.95 Å². The molecule has 0 aliphatic rings. The largest absolute Gasteiger partial charge is 0.323 e. The van der Waals surface area contributed by atoms with E-state index in [0.717, 1.165) is 41.0 Å². The Hall–Kier alpha value is -3.73. The van der Waals surface area contributed by atoms with Gasteiger partial charge in [-0.2, -0.15) is 0 Å². The SMILES string of the molecule is CCn1c(C=Nc2nc3ccccc3n2Cc2ccccc2)nc2ccccc21. The van der Waals surface area contributed by atoms with Crippen LogP contribution in [0.3, 0.4) is 0 Å². The Balaban J connectivity index is 1.59. The molecule has 29 heavy (non-hydrogen) atoms. The van der Waals surface area contributed by atoms with Crippen LogP contribution in [0.5, 0.6) is 0 Å².